The fourth-order valence-electron chi connectivity index (χ4n) is 3.52. The summed E-state index contributed by atoms with van der Waals surface area (Å²) in [6.45, 7) is 2.75. The van der Waals surface area contributed by atoms with Gasteiger partial charge in [-0.05, 0) is 32.4 Å². The van der Waals surface area contributed by atoms with Gasteiger partial charge in [0.05, 0.1) is 0 Å². The highest BCUT2D eigenvalue weighted by Crippen LogP contribution is 2.14. The minimum absolute atomic E-state index is 0.305. The molecule has 0 aromatic carbocycles. The Balaban J connectivity index is 2.95. The Morgan fingerprint density at radius 2 is 0.577 bits per heavy atom. The molecule has 3 heteroatoms. The highest BCUT2D eigenvalue weighted by molar-refractivity contribution is 4.52. The summed E-state index contributed by atoms with van der Waals surface area (Å²) in [4.78, 5) is 0. The molecule has 0 spiro atoms. The van der Waals surface area contributed by atoms with E-state index in [0.29, 0.717) is 13.2 Å². The lowest BCUT2D eigenvalue weighted by atomic mass is 10.0. The Hall–Kier alpha value is -0.120. The van der Waals surface area contributed by atoms with Crippen molar-refractivity contribution in [2.24, 2.45) is 0 Å². The molecule has 0 aromatic rings. The number of hydrogen-bond donors (Lipinski definition) is 3. The van der Waals surface area contributed by atoms with Crippen molar-refractivity contribution in [3.05, 3.63) is 0 Å². The van der Waals surface area contributed by atoms with Crippen molar-refractivity contribution < 1.29 is 10.2 Å². The molecule has 0 aliphatic heterocycles. The van der Waals surface area contributed by atoms with Crippen LogP contribution in [0, 0.1) is 0 Å². The number of unbranched alkanes of at least 4 members (excludes halogenated alkanes) is 17. The van der Waals surface area contributed by atoms with Crippen LogP contribution in [0.15, 0.2) is 0 Å². The zero-order valence-corrected chi connectivity index (χ0v) is 17.7. The fraction of sp³-hybridized carbons (Fsp3) is 1.00. The van der Waals surface area contributed by atoms with Crippen molar-refractivity contribution in [1.29, 1.82) is 0 Å². The Kier molecular flexibility index (Phi) is 24.8. The highest BCUT2D eigenvalue weighted by Gasteiger charge is 1.95. The Bertz CT molecular complexity index is 212. The molecule has 0 unspecified atom stereocenters. The maximum Gasteiger partial charge on any atom is 0.0443 e. The average molecular weight is 372 g/mol. The SMILES string of the molecule is OCCCCCCCCCCCCCCCCCCCCNCCCO. The van der Waals surface area contributed by atoms with E-state index in [1.165, 1.54) is 109 Å². The summed E-state index contributed by atoms with van der Waals surface area (Å²) in [6.07, 6.45) is 25.5. The van der Waals surface area contributed by atoms with Crippen LogP contribution >= 0.6 is 0 Å². The number of aliphatic hydroxyl groups excluding tert-OH is 2. The van der Waals surface area contributed by atoms with Crippen LogP contribution in [0.4, 0.5) is 0 Å². The lowest BCUT2D eigenvalue weighted by Gasteiger charge is -2.04. The normalized spacial score (nSPS) is 11.3. The van der Waals surface area contributed by atoms with E-state index in [0.717, 1.165) is 25.9 Å². The molecule has 0 atom stereocenters. The molecule has 0 bridgehead atoms. The molecule has 0 amide bonds. The van der Waals surface area contributed by atoms with E-state index in [1.807, 2.05) is 0 Å². The van der Waals surface area contributed by atoms with Crippen LogP contribution in [0.2, 0.25) is 0 Å². The zero-order chi connectivity index (χ0) is 19.0. The van der Waals surface area contributed by atoms with Crippen LogP contribution < -0.4 is 5.32 Å². The van der Waals surface area contributed by atoms with Gasteiger partial charge >= 0.3 is 0 Å². The molecule has 158 valence electrons. The lowest BCUT2D eigenvalue weighted by Crippen LogP contribution is -2.17. The van der Waals surface area contributed by atoms with Gasteiger partial charge in [0.1, 0.15) is 0 Å². The molecular formula is C23H49NO2. The molecule has 0 saturated heterocycles. The van der Waals surface area contributed by atoms with Gasteiger partial charge in [0, 0.05) is 13.2 Å². The molecule has 3 N–H and O–H groups in total. The quantitative estimate of drug-likeness (QED) is 0.194. The molecule has 0 rings (SSSR count). The summed E-state index contributed by atoms with van der Waals surface area (Å²) in [5.74, 6) is 0. The minimum atomic E-state index is 0.305. The summed E-state index contributed by atoms with van der Waals surface area (Å²) in [6, 6.07) is 0. The summed E-state index contributed by atoms with van der Waals surface area (Å²) < 4.78 is 0. The van der Waals surface area contributed by atoms with Crippen LogP contribution in [0.5, 0.6) is 0 Å². The molecule has 3 nitrogen and oxygen atoms in total. The van der Waals surface area contributed by atoms with Crippen LogP contribution in [0.25, 0.3) is 0 Å². The fourth-order valence-corrected chi connectivity index (χ4v) is 3.52. The first-order chi connectivity index (χ1) is 12.9. The molecule has 0 aliphatic carbocycles. The second kappa shape index (κ2) is 24.9. The Labute approximate surface area is 164 Å². The topological polar surface area (TPSA) is 52.5 Å². The van der Waals surface area contributed by atoms with Crippen LogP contribution in [-0.2, 0) is 0 Å². The first-order valence-corrected chi connectivity index (χ1v) is 11.8. The van der Waals surface area contributed by atoms with E-state index in [-0.39, 0.29) is 0 Å². The van der Waals surface area contributed by atoms with Crippen molar-refractivity contribution in [2.75, 3.05) is 26.3 Å². The van der Waals surface area contributed by atoms with Gasteiger partial charge in [0.15, 0.2) is 0 Å². The highest BCUT2D eigenvalue weighted by atomic mass is 16.3. The van der Waals surface area contributed by atoms with E-state index >= 15 is 0 Å². The van der Waals surface area contributed by atoms with Gasteiger partial charge in [0.2, 0.25) is 0 Å². The first kappa shape index (κ1) is 25.9. The van der Waals surface area contributed by atoms with Crippen molar-refractivity contribution in [3.8, 4) is 0 Å². The predicted molar refractivity (Wildman–Crippen MR) is 115 cm³/mol. The maximum atomic E-state index is 8.72. The van der Waals surface area contributed by atoms with E-state index in [1.54, 1.807) is 0 Å². The van der Waals surface area contributed by atoms with Gasteiger partial charge < -0.3 is 15.5 Å². The number of aliphatic hydroxyl groups is 2. The van der Waals surface area contributed by atoms with Crippen molar-refractivity contribution >= 4 is 0 Å². The van der Waals surface area contributed by atoms with Crippen molar-refractivity contribution in [1.82, 2.24) is 5.32 Å². The van der Waals surface area contributed by atoms with Gasteiger partial charge in [-0.3, -0.25) is 0 Å². The summed E-state index contributed by atoms with van der Waals surface area (Å²) >= 11 is 0. The van der Waals surface area contributed by atoms with Gasteiger partial charge in [-0.25, -0.2) is 0 Å². The van der Waals surface area contributed by atoms with Gasteiger partial charge in [-0.15, -0.1) is 0 Å². The Morgan fingerprint density at radius 1 is 0.308 bits per heavy atom. The van der Waals surface area contributed by atoms with Gasteiger partial charge in [0.25, 0.3) is 0 Å². The van der Waals surface area contributed by atoms with Crippen molar-refractivity contribution in [3.63, 3.8) is 0 Å². The molecule has 0 heterocycles. The average Bonchev–Trinajstić information content (AvgIpc) is 2.66. The summed E-state index contributed by atoms with van der Waals surface area (Å²) in [7, 11) is 0. The molecular weight excluding hydrogens is 322 g/mol. The molecule has 0 saturated carbocycles. The van der Waals surface area contributed by atoms with E-state index in [2.05, 4.69) is 5.32 Å². The van der Waals surface area contributed by atoms with Crippen LogP contribution in [-0.4, -0.2) is 36.5 Å². The van der Waals surface area contributed by atoms with Crippen molar-refractivity contribution in [2.45, 2.75) is 122 Å². The lowest BCUT2D eigenvalue weighted by molar-refractivity contribution is 0.282. The zero-order valence-electron chi connectivity index (χ0n) is 17.7. The van der Waals surface area contributed by atoms with E-state index in [9.17, 15) is 0 Å². The monoisotopic (exact) mass is 371 g/mol. The summed E-state index contributed by atoms with van der Waals surface area (Å²) in [5, 5.41) is 20.8. The molecule has 0 fully saturated rings. The number of nitrogens with one attached hydrogen (secondary N) is 1. The first-order valence-electron chi connectivity index (χ1n) is 11.8. The third kappa shape index (κ3) is 23.9. The molecule has 0 aromatic heterocycles. The van der Waals surface area contributed by atoms with Gasteiger partial charge in [-0.1, -0.05) is 103 Å². The third-order valence-corrected chi connectivity index (χ3v) is 5.27. The summed E-state index contributed by atoms with van der Waals surface area (Å²) in [5.41, 5.74) is 0. The Morgan fingerprint density at radius 3 is 0.923 bits per heavy atom. The molecule has 26 heavy (non-hydrogen) atoms. The second-order valence-corrected chi connectivity index (χ2v) is 7.91. The van der Waals surface area contributed by atoms with Crippen LogP contribution in [0.3, 0.4) is 0 Å². The predicted octanol–water partition coefficient (Wildman–Crippen LogP) is 5.97. The molecule has 0 radical (unpaired) electrons. The standard InChI is InChI=1S/C23H49NO2/c25-22-18-16-14-12-10-8-6-4-2-1-3-5-7-9-11-13-15-17-20-24-21-19-23-26/h24-26H,1-23H2. The molecule has 0 aliphatic rings. The smallest absolute Gasteiger partial charge is 0.0443 e. The van der Waals surface area contributed by atoms with Crippen LogP contribution in [0.1, 0.15) is 122 Å². The van der Waals surface area contributed by atoms with E-state index < -0.39 is 0 Å². The third-order valence-electron chi connectivity index (χ3n) is 5.27. The number of rotatable bonds is 23. The van der Waals surface area contributed by atoms with Gasteiger partial charge in [-0.2, -0.15) is 0 Å². The largest absolute Gasteiger partial charge is 0.396 e. The second-order valence-electron chi connectivity index (χ2n) is 7.91. The minimum Gasteiger partial charge on any atom is -0.396 e. The number of hydrogen-bond acceptors (Lipinski definition) is 3. The van der Waals surface area contributed by atoms with E-state index in [4.69, 9.17) is 10.2 Å². The maximum absolute atomic E-state index is 8.72.